The van der Waals surface area contributed by atoms with E-state index in [0.717, 1.165) is 19.3 Å². The minimum Gasteiger partial charge on any atom is -0.466 e. The molecule has 2 heteroatoms. The van der Waals surface area contributed by atoms with E-state index in [2.05, 4.69) is 13.8 Å². The van der Waals surface area contributed by atoms with Crippen molar-refractivity contribution in [2.24, 2.45) is 5.92 Å². The van der Waals surface area contributed by atoms with Gasteiger partial charge in [-0.3, -0.25) is 4.79 Å². The second-order valence-electron chi connectivity index (χ2n) is 4.74. The van der Waals surface area contributed by atoms with Gasteiger partial charge in [0.15, 0.2) is 0 Å². The van der Waals surface area contributed by atoms with Gasteiger partial charge in [-0.25, -0.2) is 0 Å². The molecule has 0 fully saturated rings. The van der Waals surface area contributed by atoms with Gasteiger partial charge in [-0.05, 0) is 30.7 Å². The number of aryl methyl sites for hydroxylation is 1. The molecule has 1 aromatic carbocycles. The summed E-state index contributed by atoms with van der Waals surface area (Å²) in [5.74, 6) is 0.593. The summed E-state index contributed by atoms with van der Waals surface area (Å²) in [4.78, 5) is 11.4. The summed E-state index contributed by atoms with van der Waals surface area (Å²) in [7, 11) is 0. The summed E-state index contributed by atoms with van der Waals surface area (Å²) in [6, 6.07) is 10.0. The summed E-state index contributed by atoms with van der Waals surface area (Å²) >= 11 is 0. The van der Waals surface area contributed by atoms with Crippen LogP contribution in [0.5, 0.6) is 0 Å². The van der Waals surface area contributed by atoms with Gasteiger partial charge in [-0.2, -0.15) is 0 Å². The van der Waals surface area contributed by atoms with Crippen LogP contribution in [0.3, 0.4) is 0 Å². The Kier molecular flexibility index (Phi) is 6.38. The molecular weight excluding hydrogens is 212 g/mol. The lowest BCUT2D eigenvalue weighted by atomic mass is 10.1. The molecule has 0 aromatic heterocycles. The Morgan fingerprint density at radius 2 is 1.94 bits per heavy atom. The molecule has 0 saturated heterocycles. The average molecular weight is 234 g/mol. The second-order valence-corrected chi connectivity index (χ2v) is 4.74. The fourth-order valence-corrected chi connectivity index (χ4v) is 1.64. The molecule has 0 radical (unpaired) electrons. The van der Waals surface area contributed by atoms with Gasteiger partial charge in [-0.1, -0.05) is 44.2 Å². The van der Waals surface area contributed by atoms with Crippen LogP contribution in [0.4, 0.5) is 0 Å². The van der Waals surface area contributed by atoms with Crippen molar-refractivity contribution in [3.05, 3.63) is 35.9 Å². The molecule has 0 unspecified atom stereocenters. The predicted octanol–water partition coefficient (Wildman–Crippen LogP) is 3.60. The zero-order chi connectivity index (χ0) is 12.5. The first kappa shape index (κ1) is 13.8. The van der Waals surface area contributed by atoms with Gasteiger partial charge in [0.1, 0.15) is 0 Å². The number of hydrogen-bond acceptors (Lipinski definition) is 2. The van der Waals surface area contributed by atoms with Crippen molar-refractivity contribution >= 4 is 5.97 Å². The van der Waals surface area contributed by atoms with E-state index >= 15 is 0 Å². The highest BCUT2D eigenvalue weighted by Crippen LogP contribution is 2.05. The minimum absolute atomic E-state index is 0.0855. The molecule has 0 aliphatic carbocycles. The van der Waals surface area contributed by atoms with E-state index in [4.69, 9.17) is 4.74 Å². The maximum Gasteiger partial charge on any atom is 0.306 e. The van der Waals surface area contributed by atoms with E-state index in [1.54, 1.807) is 0 Å². The molecule has 0 saturated carbocycles. The first-order valence-corrected chi connectivity index (χ1v) is 6.38. The first-order valence-electron chi connectivity index (χ1n) is 6.38. The topological polar surface area (TPSA) is 26.3 Å². The van der Waals surface area contributed by atoms with Crippen molar-refractivity contribution < 1.29 is 9.53 Å². The third kappa shape index (κ3) is 6.77. The number of rotatable bonds is 7. The highest BCUT2D eigenvalue weighted by Gasteiger charge is 2.03. The summed E-state index contributed by atoms with van der Waals surface area (Å²) < 4.78 is 5.18. The van der Waals surface area contributed by atoms with Crippen molar-refractivity contribution in [1.82, 2.24) is 0 Å². The molecule has 0 amide bonds. The highest BCUT2D eigenvalue weighted by molar-refractivity contribution is 5.69. The maximum atomic E-state index is 11.4. The largest absolute Gasteiger partial charge is 0.466 e. The molecule has 0 spiro atoms. The Bertz CT molecular complexity index is 317. The fraction of sp³-hybridized carbons (Fsp3) is 0.533. The maximum absolute atomic E-state index is 11.4. The van der Waals surface area contributed by atoms with Gasteiger partial charge in [0, 0.05) is 6.42 Å². The molecule has 2 nitrogen and oxygen atoms in total. The number of hydrogen-bond donors (Lipinski definition) is 0. The third-order valence-electron chi connectivity index (χ3n) is 2.65. The molecule has 1 rings (SSSR count). The molecular formula is C15H22O2. The fourth-order valence-electron chi connectivity index (χ4n) is 1.64. The van der Waals surface area contributed by atoms with Crippen LogP contribution in [-0.4, -0.2) is 12.6 Å². The number of esters is 1. The standard InChI is InChI=1S/C15H22O2/c1-13(2)7-6-12-17-15(16)11-10-14-8-4-3-5-9-14/h3-5,8-9,13H,6-7,10-12H2,1-2H3. The Labute approximate surface area is 104 Å². The molecule has 1 aromatic rings. The molecule has 17 heavy (non-hydrogen) atoms. The molecule has 0 aliphatic rings. The van der Waals surface area contributed by atoms with E-state index in [1.807, 2.05) is 30.3 Å². The predicted molar refractivity (Wildman–Crippen MR) is 69.8 cm³/mol. The number of ether oxygens (including phenoxy) is 1. The van der Waals surface area contributed by atoms with Gasteiger partial charge >= 0.3 is 5.97 Å². The van der Waals surface area contributed by atoms with Crippen LogP contribution in [0.1, 0.15) is 38.7 Å². The van der Waals surface area contributed by atoms with Crippen LogP contribution < -0.4 is 0 Å². The SMILES string of the molecule is CC(C)CCCOC(=O)CCc1ccccc1. The van der Waals surface area contributed by atoms with Crippen molar-refractivity contribution in [3.63, 3.8) is 0 Å². The number of carbonyl (C=O) groups is 1. The summed E-state index contributed by atoms with van der Waals surface area (Å²) in [5.41, 5.74) is 1.19. The van der Waals surface area contributed by atoms with Crippen LogP contribution in [0.2, 0.25) is 0 Å². The Balaban J connectivity index is 2.09. The van der Waals surface area contributed by atoms with Gasteiger partial charge in [0.05, 0.1) is 6.61 Å². The van der Waals surface area contributed by atoms with Crippen molar-refractivity contribution in [2.75, 3.05) is 6.61 Å². The van der Waals surface area contributed by atoms with Gasteiger partial charge in [-0.15, -0.1) is 0 Å². The van der Waals surface area contributed by atoms with Crippen LogP contribution in [0.15, 0.2) is 30.3 Å². The Morgan fingerprint density at radius 3 is 2.59 bits per heavy atom. The van der Waals surface area contributed by atoms with Gasteiger partial charge in [0.25, 0.3) is 0 Å². The number of benzene rings is 1. The third-order valence-corrected chi connectivity index (χ3v) is 2.65. The summed E-state index contributed by atoms with van der Waals surface area (Å²) in [6.45, 7) is 4.92. The molecule has 0 N–H and O–H groups in total. The Morgan fingerprint density at radius 1 is 1.24 bits per heavy atom. The normalized spacial score (nSPS) is 10.5. The lowest BCUT2D eigenvalue weighted by Gasteiger charge is -2.06. The zero-order valence-electron chi connectivity index (χ0n) is 10.8. The van der Waals surface area contributed by atoms with Crippen molar-refractivity contribution in [3.8, 4) is 0 Å². The van der Waals surface area contributed by atoms with E-state index in [-0.39, 0.29) is 5.97 Å². The van der Waals surface area contributed by atoms with Crippen LogP contribution >= 0.6 is 0 Å². The molecule has 0 bridgehead atoms. The zero-order valence-corrected chi connectivity index (χ0v) is 10.8. The lowest BCUT2D eigenvalue weighted by molar-refractivity contribution is -0.143. The smallest absolute Gasteiger partial charge is 0.306 e. The summed E-state index contributed by atoms with van der Waals surface area (Å²) in [5, 5.41) is 0. The van der Waals surface area contributed by atoms with E-state index in [1.165, 1.54) is 5.56 Å². The summed E-state index contributed by atoms with van der Waals surface area (Å²) in [6.07, 6.45) is 3.33. The van der Waals surface area contributed by atoms with E-state index in [0.29, 0.717) is 18.9 Å². The van der Waals surface area contributed by atoms with Gasteiger partial charge in [0.2, 0.25) is 0 Å². The minimum atomic E-state index is -0.0855. The van der Waals surface area contributed by atoms with Crippen LogP contribution in [-0.2, 0) is 16.0 Å². The second kappa shape index (κ2) is 7.88. The Hall–Kier alpha value is -1.31. The number of carbonyl (C=O) groups excluding carboxylic acids is 1. The van der Waals surface area contributed by atoms with Crippen LogP contribution in [0, 0.1) is 5.92 Å². The first-order chi connectivity index (χ1) is 8.18. The van der Waals surface area contributed by atoms with Crippen LogP contribution in [0.25, 0.3) is 0 Å². The quantitative estimate of drug-likeness (QED) is 0.532. The molecule has 0 heterocycles. The van der Waals surface area contributed by atoms with E-state index < -0.39 is 0 Å². The molecule has 94 valence electrons. The average Bonchev–Trinajstić information content (AvgIpc) is 2.33. The lowest BCUT2D eigenvalue weighted by Crippen LogP contribution is -2.07. The molecule has 0 atom stereocenters. The molecule has 0 aliphatic heterocycles. The van der Waals surface area contributed by atoms with E-state index in [9.17, 15) is 4.79 Å². The highest BCUT2D eigenvalue weighted by atomic mass is 16.5. The van der Waals surface area contributed by atoms with Gasteiger partial charge < -0.3 is 4.74 Å². The van der Waals surface area contributed by atoms with Crippen molar-refractivity contribution in [2.45, 2.75) is 39.5 Å². The van der Waals surface area contributed by atoms with Crippen molar-refractivity contribution in [1.29, 1.82) is 0 Å². The monoisotopic (exact) mass is 234 g/mol.